The van der Waals surface area contributed by atoms with Crippen LogP contribution in [-0.2, 0) is 26.0 Å². The average Bonchev–Trinajstić information content (AvgIpc) is 3.50. The summed E-state index contributed by atoms with van der Waals surface area (Å²) >= 11 is 0. The number of benzene rings is 2. The van der Waals surface area contributed by atoms with E-state index in [0.717, 1.165) is 31.0 Å². The number of sulfonamides is 1. The zero-order valence-electron chi connectivity index (χ0n) is 19.3. The second-order valence-corrected chi connectivity index (χ2v) is 11.7. The minimum atomic E-state index is -3.62. The molecular formula is C25H27F3N2O4S. The van der Waals surface area contributed by atoms with Crippen LogP contribution in [0.4, 0.5) is 13.2 Å². The molecule has 1 saturated carbocycles. The Morgan fingerprint density at radius 1 is 1.17 bits per heavy atom. The Morgan fingerprint density at radius 2 is 1.91 bits per heavy atom. The van der Waals surface area contributed by atoms with E-state index in [9.17, 15) is 22.0 Å². The SMILES string of the molecule is CCS(=O)(=O)N[C@@H]1[C@H](Cc2cc(F)cc(-c3cccc(F)c3)c2F)N(C(=O)[C@H]2CCO2)CC12CC2. The van der Waals surface area contributed by atoms with Gasteiger partial charge in [0.25, 0.3) is 5.91 Å². The fraction of sp³-hybridized carbons (Fsp3) is 0.480. The lowest BCUT2D eigenvalue weighted by molar-refractivity contribution is -0.157. The molecule has 3 aliphatic rings. The van der Waals surface area contributed by atoms with Crippen LogP contribution in [-0.4, -0.2) is 56.3 Å². The highest BCUT2D eigenvalue weighted by molar-refractivity contribution is 7.89. The van der Waals surface area contributed by atoms with E-state index in [0.29, 0.717) is 19.6 Å². The molecule has 0 unspecified atom stereocenters. The van der Waals surface area contributed by atoms with E-state index in [4.69, 9.17) is 4.74 Å². The fourth-order valence-corrected chi connectivity index (χ4v) is 6.18. The van der Waals surface area contributed by atoms with Gasteiger partial charge in [0.15, 0.2) is 0 Å². The van der Waals surface area contributed by atoms with Gasteiger partial charge in [-0.15, -0.1) is 0 Å². The molecule has 1 N–H and O–H groups in total. The summed E-state index contributed by atoms with van der Waals surface area (Å²) in [5, 5.41) is 0. The highest BCUT2D eigenvalue weighted by Crippen LogP contribution is 2.56. The summed E-state index contributed by atoms with van der Waals surface area (Å²) in [4.78, 5) is 14.8. The van der Waals surface area contributed by atoms with Crippen molar-refractivity contribution in [3.05, 3.63) is 59.4 Å². The quantitative estimate of drug-likeness (QED) is 0.622. The number of amides is 1. The van der Waals surface area contributed by atoms with Gasteiger partial charge >= 0.3 is 0 Å². The van der Waals surface area contributed by atoms with Crippen molar-refractivity contribution in [3.8, 4) is 11.1 Å². The van der Waals surface area contributed by atoms with Crippen molar-refractivity contribution in [3.63, 3.8) is 0 Å². The van der Waals surface area contributed by atoms with Gasteiger partial charge in [-0.3, -0.25) is 4.79 Å². The van der Waals surface area contributed by atoms with Gasteiger partial charge in [0.1, 0.15) is 23.6 Å². The molecule has 3 atom stereocenters. The van der Waals surface area contributed by atoms with E-state index in [1.165, 1.54) is 25.1 Å². The molecule has 3 fully saturated rings. The van der Waals surface area contributed by atoms with Gasteiger partial charge in [0.2, 0.25) is 10.0 Å². The van der Waals surface area contributed by atoms with Crippen LogP contribution in [0.15, 0.2) is 36.4 Å². The monoisotopic (exact) mass is 508 g/mol. The second-order valence-electron chi connectivity index (χ2n) is 9.68. The molecule has 1 spiro atoms. The van der Waals surface area contributed by atoms with Crippen LogP contribution in [0.2, 0.25) is 0 Å². The zero-order valence-corrected chi connectivity index (χ0v) is 20.1. The molecule has 0 bridgehead atoms. The van der Waals surface area contributed by atoms with Crippen LogP contribution < -0.4 is 4.72 Å². The Hall–Kier alpha value is -2.43. The summed E-state index contributed by atoms with van der Waals surface area (Å²) < 4.78 is 77.3. The molecule has 188 valence electrons. The molecule has 35 heavy (non-hydrogen) atoms. The van der Waals surface area contributed by atoms with Crippen LogP contribution in [0.5, 0.6) is 0 Å². The maximum Gasteiger partial charge on any atom is 0.252 e. The van der Waals surface area contributed by atoms with Crippen LogP contribution >= 0.6 is 0 Å². The van der Waals surface area contributed by atoms with Crippen molar-refractivity contribution in [1.82, 2.24) is 9.62 Å². The Bertz CT molecular complexity index is 1260. The van der Waals surface area contributed by atoms with Crippen molar-refractivity contribution in [2.75, 3.05) is 18.9 Å². The topological polar surface area (TPSA) is 75.7 Å². The van der Waals surface area contributed by atoms with Crippen molar-refractivity contribution in [2.24, 2.45) is 5.41 Å². The average molecular weight is 509 g/mol. The molecule has 0 radical (unpaired) electrons. The minimum absolute atomic E-state index is 0.0000135. The molecule has 2 saturated heterocycles. The van der Waals surface area contributed by atoms with Crippen LogP contribution in [0.3, 0.4) is 0 Å². The molecule has 0 aromatic heterocycles. The first-order valence-corrected chi connectivity index (χ1v) is 13.4. The van der Waals surface area contributed by atoms with Gasteiger partial charge in [-0.05, 0) is 61.6 Å². The van der Waals surface area contributed by atoms with Crippen LogP contribution in [0.25, 0.3) is 11.1 Å². The third-order valence-corrected chi connectivity index (χ3v) is 8.82. The van der Waals surface area contributed by atoms with Gasteiger partial charge in [0, 0.05) is 30.0 Å². The molecule has 2 heterocycles. The fourth-order valence-electron chi connectivity index (χ4n) is 5.22. The number of carbonyl (C=O) groups excluding carboxylic acids is 1. The standard InChI is InChI=1S/C25H27F3N2O4S/c1-2-35(32,33)29-23-20(30(14-25(23)7-8-25)24(31)21-6-9-34-21)12-16-11-18(27)13-19(22(16)28)15-4-3-5-17(26)10-15/h3-5,10-11,13,20-21,23,29H,2,6-9,12,14H2,1H3/t20-,21+,23+/m0/s1. The number of hydrogen-bond donors (Lipinski definition) is 1. The predicted octanol–water partition coefficient (Wildman–Crippen LogP) is 3.40. The maximum atomic E-state index is 15.7. The van der Waals surface area contributed by atoms with Crippen LogP contribution in [0.1, 0.15) is 31.7 Å². The van der Waals surface area contributed by atoms with E-state index >= 15 is 4.39 Å². The third kappa shape index (κ3) is 4.59. The lowest BCUT2D eigenvalue weighted by Crippen LogP contribution is -2.53. The van der Waals surface area contributed by atoms with Gasteiger partial charge in [-0.25, -0.2) is 26.3 Å². The minimum Gasteiger partial charge on any atom is -0.368 e. The Morgan fingerprint density at radius 3 is 2.51 bits per heavy atom. The number of nitrogens with zero attached hydrogens (tertiary/aromatic N) is 1. The highest BCUT2D eigenvalue weighted by Gasteiger charge is 2.62. The number of rotatable bonds is 7. The lowest BCUT2D eigenvalue weighted by atomic mass is 9.91. The third-order valence-electron chi connectivity index (χ3n) is 7.44. The molecule has 2 aliphatic heterocycles. The van der Waals surface area contributed by atoms with E-state index in [1.807, 2.05) is 0 Å². The summed E-state index contributed by atoms with van der Waals surface area (Å²) in [7, 11) is -3.62. The van der Waals surface area contributed by atoms with Crippen molar-refractivity contribution in [1.29, 1.82) is 0 Å². The van der Waals surface area contributed by atoms with E-state index in [1.54, 1.807) is 4.90 Å². The summed E-state index contributed by atoms with van der Waals surface area (Å²) in [5.74, 6) is -2.40. The number of nitrogens with one attached hydrogen (secondary N) is 1. The molecule has 5 rings (SSSR count). The number of likely N-dealkylation sites (tertiary alicyclic amines) is 1. The number of halogens is 3. The first-order chi connectivity index (χ1) is 16.6. The molecule has 1 aliphatic carbocycles. The van der Waals surface area contributed by atoms with Gasteiger partial charge in [-0.1, -0.05) is 12.1 Å². The summed E-state index contributed by atoms with van der Waals surface area (Å²) in [5.41, 5.74) is -0.335. The maximum absolute atomic E-state index is 15.7. The van der Waals surface area contributed by atoms with E-state index in [-0.39, 0.29) is 34.8 Å². The smallest absolute Gasteiger partial charge is 0.252 e. The molecule has 2 aromatic carbocycles. The van der Waals surface area contributed by atoms with Crippen molar-refractivity contribution < 1.29 is 31.1 Å². The summed E-state index contributed by atoms with van der Waals surface area (Å²) in [6, 6.07) is 5.96. The van der Waals surface area contributed by atoms with E-state index in [2.05, 4.69) is 4.72 Å². The second kappa shape index (κ2) is 8.90. The number of ether oxygens (including phenoxy) is 1. The Balaban J connectivity index is 1.54. The molecular weight excluding hydrogens is 481 g/mol. The van der Waals surface area contributed by atoms with Crippen molar-refractivity contribution >= 4 is 15.9 Å². The van der Waals surface area contributed by atoms with Gasteiger partial charge < -0.3 is 9.64 Å². The van der Waals surface area contributed by atoms with Crippen molar-refractivity contribution in [2.45, 2.75) is 50.8 Å². The molecule has 6 nitrogen and oxygen atoms in total. The first kappa shape index (κ1) is 24.3. The Labute approximate surface area is 202 Å². The molecule has 1 amide bonds. The lowest BCUT2D eigenvalue weighted by Gasteiger charge is -2.34. The summed E-state index contributed by atoms with van der Waals surface area (Å²) in [6.07, 6.45) is 1.34. The highest BCUT2D eigenvalue weighted by atomic mass is 32.2. The molecule has 10 heteroatoms. The van der Waals surface area contributed by atoms with Gasteiger partial charge in [0.05, 0.1) is 18.4 Å². The largest absolute Gasteiger partial charge is 0.368 e. The summed E-state index contributed by atoms with van der Waals surface area (Å²) in [6.45, 7) is 2.33. The van der Waals surface area contributed by atoms with E-state index < -0.39 is 51.1 Å². The number of hydrogen-bond acceptors (Lipinski definition) is 4. The molecule has 2 aromatic rings. The zero-order chi connectivity index (χ0) is 25.0. The van der Waals surface area contributed by atoms with Gasteiger partial charge in [-0.2, -0.15) is 0 Å². The van der Waals surface area contributed by atoms with Crippen LogP contribution in [0, 0.1) is 22.9 Å². The Kier molecular flexibility index (Phi) is 6.17. The normalized spacial score (nSPS) is 25.0. The number of carbonyl (C=O) groups is 1. The predicted molar refractivity (Wildman–Crippen MR) is 123 cm³/mol. The first-order valence-electron chi connectivity index (χ1n) is 11.8.